The Labute approximate surface area is 192 Å². The molecule has 0 aliphatic carbocycles. The molecule has 0 fully saturated rings. The predicted molar refractivity (Wildman–Crippen MR) is 127 cm³/mol. The first-order chi connectivity index (χ1) is 14.0. The zero-order chi connectivity index (χ0) is 20.8. The SMILES string of the molecule is CN=C(NCCc1ccc(F)cc1F)NCc1ccccc1-n1nc(C)cc1C.I. The first-order valence-corrected chi connectivity index (χ1v) is 9.48. The molecule has 0 unspecified atom stereocenters. The summed E-state index contributed by atoms with van der Waals surface area (Å²) in [7, 11) is 1.68. The number of para-hydroxylation sites is 1. The first-order valence-electron chi connectivity index (χ1n) is 9.48. The molecule has 0 spiro atoms. The van der Waals surface area contributed by atoms with E-state index in [0.717, 1.165) is 28.7 Å². The van der Waals surface area contributed by atoms with Crippen LogP contribution in [0.3, 0.4) is 0 Å². The van der Waals surface area contributed by atoms with E-state index in [0.29, 0.717) is 31.0 Å². The summed E-state index contributed by atoms with van der Waals surface area (Å²) in [5, 5.41) is 11.0. The van der Waals surface area contributed by atoms with Crippen molar-refractivity contribution in [2.24, 2.45) is 4.99 Å². The maximum atomic E-state index is 13.7. The fourth-order valence-electron chi connectivity index (χ4n) is 3.18. The number of halogens is 3. The van der Waals surface area contributed by atoms with Crippen LogP contribution < -0.4 is 10.6 Å². The van der Waals surface area contributed by atoms with E-state index in [2.05, 4.69) is 20.7 Å². The summed E-state index contributed by atoms with van der Waals surface area (Å²) < 4.78 is 28.7. The predicted octanol–water partition coefficient (Wildman–Crippen LogP) is 4.29. The summed E-state index contributed by atoms with van der Waals surface area (Å²) in [5.41, 5.74) is 4.58. The molecule has 2 N–H and O–H groups in total. The monoisotopic (exact) mass is 525 g/mol. The molecule has 0 atom stereocenters. The van der Waals surface area contributed by atoms with Gasteiger partial charge in [-0.05, 0) is 49.6 Å². The number of aryl methyl sites for hydroxylation is 2. The minimum Gasteiger partial charge on any atom is -0.356 e. The minimum atomic E-state index is -0.571. The smallest absolute Gasteiger partial charge is 0.191 e. The van der Waals surface area contributed by atoms with E-state index in [1.54, 1.807) is 7.05 Å². The van der Waals surface area contributed by atoms with Crippen molar-refractivity contribution in [2.75, 3.05) is 13.6 Å². The maximum Gasteiger partial charge on any atom is 0.191 e. The highest BCUT2D eigenvalue weighted by molar-refractivity contribution is 14.0. The molecule has 0 saturated heterocycles. The lowest BCUT2D eigenvalue weighted by Crippen LogP contribution is -2.38. The highest BCUT2D eigenvalue weighted by atomic mass is 127. The molecule has 3 aromatic rings. The normalized spacial score (nSPS) is 11.2. The van der Waals surface area contributed by atoms with Gasteiger partial charge in [0.2, 0.25) is 0 Å². The Morgan fingerprint density at radius 3 is 2.47 bits per heavy atom. The molecule has 0 aliphatic heterocycles. The second-order valence-corrected chi connectivity index (χ2v) is 6.81. The summed E-state index contributed by atoms with van der Waals surface area (Å²) in [4.78, 5) is 4.21. The summed E-state index contributed by atoms with van der Waals surface area (Å²) in [5.74, 6) is -0.498. The van der Waals surface area contributed by atoms with Crippen LogP contribution in [0.2, 0.25) is 0 Å². The van der Waals surface area contributed by atoms with E-state index in [-0.39, 0.29) is 24.0 Å². The molecular weight excluding hydrogens is 499 g/mol. The Bertz CT molecular complexity index is 1020. The molecule has 0 aliphatic rings. The largest absolute Gasteiger partial charge is 0.356 e. The van der Waals surface area contributed by atoms with Crippen LogP contribution in [0.1, 0.15) is 22.5 Å². The van der Waals surface area contributed by atoms with E-state index in [9.17, 15) is 8.78 Å². The van der Waals surface area contributed by atoms with Gasteiger partial charge in [-0.1, -0.05) is 24.3 Å². The average Bonchev–Trinajstić information content (AvgIpc) is 3.04. The molecule has 5 nitrogen and oxygen atoms in total. The fraction of sp³-hybridized carbons (Fsp3) is 0.273. The van der Waals surface area contributed by atoms with Gasteiger partial charge >= 0.3 is 0 Å². The van der Waals surface area contributed by atoms with Gasteiger partial charge in [0.25, 0.3) is 0 Å². The van der Waals surface area contributed by atoms with E-state index >= 15 is 0 Å². The Hall–Kier alpha value is -2.49. The van der Waals surface area contributed by atoms with Gasteiger partial charge in [-0.2, -0.15) is 5.10 Å². The summed E-state index contributed by atoms with van der Waals surface area (Å²) >= 11 is 0. The number of aliphatic imine (C=N–C) groups is 1. The highest BCUT2D eigenvalue weighted by Crippen LogP contribution is 2.17. The summed E-state index contributed by atoms with van der Waals surface area (Å²) in [6.07, 6.45) is 0.426. The number of nitrogens with one attached hydrogen (secondary N) is 2. The van der Waals surface area contributed by atoms with Crippen molar-refractivity contribution in [3.05, 3.63) is 82.7 Å². The molecular formula is C22H26F2IN5. The highest BCUT2D eigenvalue weighted by Gasteiger charge is 2.09. The average molecular weight is 525 g/mol. The Morgan fingerprint density at radius 2 is 1.80 bits per heavy atom. The quantitative estimate of drug-likeness (QED) is 0.287. The number of hydrogen-bond donors (Lipinski definition) is 2. The van der Waals surface area contributed by atoms with Crippen LogP contribution >= 0.6 is 24.0 Å². The van der Waals surface area contributed by atoms with Crippen molar-refractivity contribution in [2.45, 2.75) is 26.8 Å². The zero-order valence-corrected chi connectivity index (χ0v) is 19.6. The van der Waals surface area contributed by atoms with Gasteiger partial charge in [0.05, 0.1) is 11.4 Å². The second-order valence-electron chi connectivity index (χ2n) is 6.81. The molecule has 160 valence electrons. The van der Waals surface area contributed by atoms with Gasteiger partial charge in [-0.15, -0.1) is 24.0 Å². The number of guanidine groups is 1. The number of benzene rings is 2. The molecule has 0 bridgehead atoms. The van der Waals surface area contributed by atoms with Crippen molar-refractivity contribution in [1.29, 1.82) is 0 Å². The van der Waals surface area contributed by atoms with Crippen LogP contribution in [0.4, 0.5) is 8.78 Å². The third kappa shape index (κ3) is 6.01. The number of rotatable bonds is 6. The van der Waals surface area contributed by atoms with Crippen LogP contribution in [-0.4, -0.2) is 29.3 Å². The molecule has 30 heavy (non-hydrogen) atoms. The van der Waals surface area contributed by atoms with Crippen molar-refractivity contribution in [3.63, 3.8) is 0 Å². The number of nitrogens with zero attached hydrogens (tertiary/aromatic N) is 3. The molecule has 8 heteroatoms. The van der Waals surface area contributed by atoms with E-state index < -0.39 is 11.6 Å². The summed E-state index contributed by atoms with van der Waals surface area (Å²) in [6, 6.07) is 13.7. The molecule has 1 heterocycles. The Balaban J connectivity index is 0.00000320. The van der Waals surface area contributed by atoms with Gasteiger partial charge in [0, 0.05) is 31.9 Å². The Kier molecular flexibility index (Phi) is 8.76. The van der Waals surface area contributed by atoms with Crippen LogP contribution in [0.25, 0.3) is 5.69 Å². The van der Waals surface area contributed by atoms with Crippen LogP contribution in [0.5, 0.6) is 0 Å². The fourth-order valence-corrected chi connectivity index (χ4v) is 3.18. The van der Waals surface area contributed by atoms with Crippen LogP contribution in [0.15, 0.2) is 53.5 Å². The molecule has 0 radical (unpaired) electrons. The topological polar surface area (TPSA) is 54.2 Å². The molecule has 0 saturated carbocycles. The maximum absolute atomic E-state index is 13.7. The van der Waals surface area contributed by atoms with Gasteiger partial charge in [0.1, 0.15) is 11.6 Å². The van der Waals surface area contributed by atoms with Crippen molar-refractivity contribution < 1.29 is 8.78 Å². The molecule has 0 amide bonds. The van der Waals surface area contributed by atoms with Crippen molar-refractivity contribution >= 4 is 29.9 Å². The Morgan fingerprint density at radius 1 is 1.03 bits per heavy atom. The second kappa shape index (κ2) is 11.1. The lowest BCUT2D eigenvalue weighted by Gasteiger charge is -2.15. The molecule has 3 rings (SSSR count). The van der Waals surface area contributed by atoms with Crippen LogP contribution in [-0.2, 0) is 13.0 Å². The van der Waals surface area contributed by atoms with Crippen molar-refractivity contribution in [1.82, 2.24) is 20.4 Å². The third-order valence-electron chi connectivity index (χ3n) is 4.60. The van der Waals surface area contributed by atoms with Gasteiger partial charge in [-0.3, -0.25) is 4.99 Å². The third-order valence-corrected chi connectivity index (χ3v) is 4.60. The van der Waals surface area contributed by atoms with Crippen LogP contribution in [0, 0.1) is 25.5 Å². The van der Waals surface area contributed by atoms with Gasteiger partial charge in [-0.25, -0.2) is 13.5 Å². The molecule has 2 aromatic carbocycles. The lowest BCUT2D eigenvalue weighted by atomic mass is 10.1. The number of aromatic nitrogens is 2. The minimum absolute atomic E-state index is 0. The molecule has 1 aromatic heterocycles. The van der Waals surface area contributed by atoms with E-state index in [4.69, 9.17) is 0 Å². The first kappa shape index (κ1) is 23.8. The lowest BCUT2D eigenvalue weighted by molar-refractivity contribution is 0.570. The van der Waals surface area contributed by atoms with Crippen molar-refractivity contribution in [3.8, 4) is 5.69 Å². The zero-order valence-electron chi connectivity index (χ0n) is 17.2. The van der Waals surface area contributed by atoms with Gasteiger partial charge < -0.3 is 10.6 Å². The van der Waals surface area contributed by atoms with E-state index in [1.807, 2.05) is 48.9 Å². The van der Waals surface area contributed by atoms with E-state index in [1.165, 1.54) is 12.1 Å². The van der Waals surface area contributed by atoms with Gasteiger partial charge in [0.15, 0.2) is 5.96 Å². The summed E-state index contributed by atoms with van der Waals surface area (Å²) in [6.45, 7) is 5.03. The number of hydrogen-bond acceptors (Lipinski definition) is 2. The standard InChI is InChI=1S/C22H25F2N5.HI/c1-15-12-16(2)29(28-15)21-7-5-4-6-18(21)14-27-22(25-3)26-11-10-17-8-9-19(23)13-20(17)24;/h4-9,12-13H,10-11,14H2,1-3H3,(H2,25,26,27);1H.